The lowest BCUT2D eigenvalue weighted by molar-refractivity contribution is -0.121. The average Bonchev–Trinajstić information content (AvgIpc) is 2.98. The molecule has 110 valence electrons. The van der Waals surface area contributed by atoms with Crippen molar-refractivity contribution in [2.45, 2.75) is 38.8 Å². The number of aliphatic hydroxyl groups is 1. The number of carbonyl (C=O) groups is 1. The topological polar surface area (TPSA) is 52.6 Å². The van der Waals surface area contributed by atoms with Gasteiger partial charge >= 0.3 is 0 Å². The Morgan fingerprint density at radius 1 is 1.25 bits per heavy atom. The fourth-order valence-electron chi connectivity index (χ4n) is 2.60. The number of benzene rings is 1. The van der Waals surface area contributed by atoms with E-state index in [1.807, 2.05) is 24.3 Å². The average molecular weight is 276 g/mol. The van der Waals surface area contributed by atoms with Gasteiger partial charge in [-0.1, -0.05) is 24.3 Å². The summed E-state index contributed by atoms with van der Waals surface area (Å²) in [5.41, 5.74) is 1.91. The molecule has 1 saturated heterocycles. The number of hydrogen-bond acceptors (Lipinski definition) is 3. The van der Waals surface area contributed by atoms with Gasteiger partial charge in [-0.15, -0.1) is 0 Å². The van der Waals surface area contributed by atoms with Gasteiger partial charge in [0.1, 0.15) is 0 Å². The molecule has 1 amide bonds. The largest absolute Gasteiger partial charge is 0.392 e. The lowest BCUT2D eigenvalue weighted by atomic mass is 10.1. The molecule has 4 heteroatoms. The molecule has 0 aliphatic carbocycles. The molecule has 1 aromatic carbocycles. The van der Waals surface area contributed by atoms with Gasteiger partial charge in [0.05, 0.1) is 6.61 Å². The van der Waals surface area contributed by atoms with E-state index < -0.39 is 0 Å². The minimum Gasteiger partial charge on any atom is -0.392 e. The Morgan fingerprint density at radius 3 is 2.75 bits per heavy atom. The SMILES string of the molecule is O=C(CCCN1CCCC1)NCc1cccc(CO)c1. The zero-order chi connectivity index (χ0) is 14.2. The van der Waals surface area contributed by atoms with Crippen molar-refractivity contribution < 1.29 is 9.90 Å². The quantitative estimate of drug-likeness (QED) is 0.796. The second-order valence-electron chi connectivity index (χ2n) is 5.41. The van der Waals surface area contributed by atoms with Crippen LogP contribution in [0, 0.1) is 0 Å². The molecule has 1 fully saturated rings. The van der Waals surface area contributed by atoms with E-state index in [1.54, 1.807) is 0 Å². The van der Waals surface area contributed by atoms with Crippen molar-refractivity contribution in [2.75, 3.05) is 19.6 Å². The standard InChI is InChI=1S/C16H24N2O2/c19-13-15-6-3-5-14(11-15)12-17-16(20)7-4-10-18-8-1-2-9-18/h3,5-6,11,19H,1-2,4,7-10,12-13H2,(H,17,20). The lowest BCUT2D eigenvalue weighted by Gasteiger charge is -2.13. The van der Waals surface area contributed by atoms with Crippen LogP contribution in [0.15, 0.2) is 24.3 Å². The molecule has 0 atom stereocenters. The van der Waals surface area contributed by atoms with Crippen molar-refractivity contribution in [3.05, 3.63) is 35.4 Å². The Hall–Kier alpha value is -1.39. The zero-order valence-corrected chi connectivity index (χ0v) is 12.0. The maximum Gasteiger partial charge on any atom is 0.220 e. The Balaban J connectivity index is 1.63. The van der Waals surface area contributed by atoms with Crippen LogP contribution in [0.2, 0.25) is 0 Å². The number of carbonyl (C=O) groups excluding carboxylic acids is 1. The molecular weight excluding hydrogens is 252 g/mol. The molecule has 0 aromatic heterocycles. The Morgan fingerprint density at radius 2 is 2.00 bits per heavy atom. The van der Waals surface area contributed by atoms with E-state index in [9.17, 15) is 4.79 Å². The number of amides is 1. The first-order valence-corrected chi connectivity index (χ1v) is 7.45. The highest BCUT2D eigenvalue weighted by molar-refractivity contribution is 5.75. The Labute approximate surface area is 120 Å². The third kappa shape index (κ3) is 4.94. The summed E-state index contributed by atoms with van der Waals surface area (Å²) in [6.45, 7) is 3.99. The number of likely N-dealkylation sites (tertiary alicyclic amines) is 1. The normalized spacial score (nSPS) is 15.4. The third-order valence-electron chi connectivity index (χ3n) is 3.74. The first kappa shape index (κ1) is 15.0. The monoisotopic (exact) mass is 276 g/mol. The van der Waals surface area contributed by atoms with Crippen LogP contribution in [0.3, 0.4) is 0 Å². The Bertz CT molecular complexity index is 428. The van der Waals surface area contributed by atoms with Crippen LogP contribution < -0.4 is 5.32 Å². The molecule has 0 radical (unpaired) electrons. The molecule has 1 aromatic rings. The zero-order valence-electron chi connectivity index (χ0n) is 12.0. The Kier molecular flexibility index (Phi) is 6.02. The van der Waals surface area contributed by atoms with Crippen LogP contribution in [0.5, 0.6) is 0 Å². The van der Waals surface area contributed by atoms with Crippen molar-refractivity contribution in [3.63, 3.8) is 0 Å². The van der Waals surface area contributed by atoms with Gasteiger partial charge in [0.2, 0.25) is 5.91 Å². The van der Waals surface area contributed by atoms with E-state index >= 15 is 0 Å². The summed E-state index contributed by atoms with van der Waals surface area (Å²) in [7, 11) is 0. The van der Waals surface area contributed by atoms with Gasteiger partial charge in [-0.25, -0.2) is 0 Å². The highest BCUT2D eigenvalue weighted by atomic mass is 16.3. The van der Waals surface area contributed by atoms with Crippen LogP contribution in [-0.4, -0.2) is 35.5 Å². The summed E-state index contributed by atoms with van der Waals surface area (Å²) in [5, 5.41) is 12.0. The molecule has 4 nitrogen and oxygen atoms in total. The first-order valence-electron chi connectivity index (χ1n) is 7.45. The smallest absolute Gasteiger partial charge is 0.220 e. The number of aliphatic hydroxyl groups excluding tert-OH is 1. The van der Waals surface area contributed by atoms with Crippen LogP contribution in [-0.2, 0) is 17.9 Å². The second kappa shape index (κ2) is 8.02. The summed E-state index contributed by atoms with van der Waals surface area (Å²) in [6, 6.07) is 7.66. The van der Waals surface area contributed by atoms with Gasteiger partial charge in [0.25, 0.3) is 0 Å². The molecule has 0 saturated carbocycles. The number of nitrogens with one attached hydrogen (secondary N) is 1. The second-order valence-corrected chi connectivity index (χ2v) is 5.41. The van der Waals surface area contributed by atoms with E-state index in [0.717, 1.165) is 24.1 Å². The van der Waals surface area contributed by atoms with E-state index in [2.05, 4.69) is 10.2 Å². The molecule has 0 unspecified atom stereocenters. The van der Waals surface area contributed by atoms with Crippen LogP contribution in [0.4, 0.5) is 0 Å². The van der Waals surface area contributed by atoms with Crippen LogP contribution in [0.1, 0.15) is 36.8 Å². The summed E-state index contributed by atoms with van der Waals surface area (Å²) >= 11 is 0. The van der Waals surface area contributed by atoms with Gasteiger partial charge in [0, 0.05) is 13.0 Å². The first-order chi connectivity index (χ1) is 9.78. The van der Waals surface area contributed by atoms with Gasteiger partial charge in [-0.2, -0.15) is 0 Å². The molecule has 1 aliphatic heterocycles. The lowest BCUT2D eigenvalue weighted by Crippen LogP contribution is -2.25. The third-order valence-corrected chi connectivity index (χ3v) is 3.74. The van der Waals surface area contributed by atoms with E-state index in [1.165, 1.54) is 25.9 Å². The molecule has 1 heterocycles. The van der Waals surface area contributed by atoms with Crippen LogP contribution in [0.25, 0.3) is 0 Å². The van der Waals surface area contributed by atoms with Crippen molar-refractivity contribution in [1.29, 1.82) is 0 Å². The van der Waals surface area contributed by atoms with E-state index in [4.69, 9.17) is 5.11 Å². The van der Waals surface area contributed by atoms with Crippen molar-refractivity contribution in [2.24, 2.45) is 0 Å². The molecule has 2 N–H and O–H groups in total. The van der Waals surface area contributed by atoms with E-state index in [0.29, 0.717) is 13.0 Å². The maximum atomic E-state index is 11.8. The fourth-order valence-corrected chi connectivity index (χ4v) is 2.60. The van der Waals surface area contributed by atoms with Crippen molar-refractivity contribution in [1.82, 2.24) is 10.2 Å². The molecule has 2 rings (SSSR count). The number of nitrogens with zero attached hydrogens (tertiary/aromatic N) is 1. The predicted octanol–water partition coefficient (Wildman–Crippen LogP) is 1.67. The number of hydrogen-bond donors (Lipinski definition) is 2. The highest BCUT2D eigenvalue weighted by Gasteiger charge is 2.11. The molecule has 20 heavy (non-hydrogen) atoms. The van der Waals surface area contributed by atoms with Crippen LogP contribution >= 0.6 is 0 Å². The molecule has 0 bridgehead atoms. The maximum absolute atomic E-state index is 11.8. The minimum absolute atomic E-state index is 0.0393. The van der Waals surface area contributed by atoms with E-state index in [-0.39, 0.29) is 12.5 Å². The van der Waals surface area contributed by atoms with Crippen molar-refractivity contribution >= 4 is 5.91 Å². The summed E-state index contributed by atoms with van der Waals surface area (Å²) < 4.78 is 0. The summed E-state index contributed by atoms with van der Waals surface area (Å²) in [4.78, 5) is 14.2. The molecular formula is C16H24N2O2. The molecule has 1 aliphatic rings. The van der Waals surface area contributed by atoms with Crippen molar-refractivity contribution in [3.8, 4) is 0 Å². The summed E-state index contributed by atoms with van der Waals surface area (Å²) in [6.07, 6.45) is 4.12. The summed E-state index contributed by atoms with van der Waals surface area (Å²) in [5.74, 6) is 0.110. The van der Waals surface area contributed by atoms with Gasteiger partial charge in [-0.3, -0.25) is 4.79 Å². The number of rotatable bonds is 7. The minimum atomic E-state index is 0.0393. The van der Waals surface area contributed by atoms with Gasteiger partial charge < -0.3 is 15.3 Å². The highest BCUT2D eigenvalue weighted by Crippen LogP contribution is 2.08. The predicted molar refractivity (Wildman–Crippen MR) is 79.1 cm³/mol. The fraction of sp³-hybridized carbons (Fsp3) is 0.562. The van der Waals surface area contributed by atoms with Gasteiger partial charge in [0.15, 0.2) is 0 Å². The molecule has 0 spiro atoms. The van der Waals surface area contributed by atoms with Gasteiger partial charge in [-0.05, 0) is 50.0 Å².